The first-order valence-electron chi connectivity index (χ1n) is 10.8. The Balaban J connectivity index is 1.91. The first kappa shape index (κ1) is 23.1. The lowest BCUT2D eigenvalue weighted by molar-refractivity contribution is -0.384. The van der Waals surface area contributed by atoms with Crippen molar-refractivity contribution in [3.8, 4) is 0 Å². The minimum absolute atomic E-state index is 0.107. The van der Waals surface area contributed by atoms with Gasteiger partial charge in [0.05, 0.1) is 22.2 Å². The van der Waals surface area contributed by atoms with E-state index < -0.39 is 22.7 Å². The number of aliphatic hydroxyl groups excluding tert-OH is 1. The Hall–Kier alpha value is -4.05. The number of Topliss-reactive ketones (excluding diaryl/α,β-unsaturated/α-hetero) is 1. The van der Waals surface area contributed by atoms with Gasteiger partial charge in [0.1, 0.15) is 11.3 Å². The molecule has 4 rings (SSSR count). The van der Waals surface area contributed by atoms with E-state index in [2.05, 4.69) is 4.98 Å². The molecule has 0 radical (unpaired) electrons. The first-order valence-corrected chi connectivity index (χ1v) is 10.8. The number of amides is 1. The summed E-state index contributed by atoms with van der Waals surface area (Å²) in [4.78, 5) is 44.9. The monoisotopic (exact) mass is 463 g/mol. The summed E-state index contributed by atoms with van der Waals surface area (Å²) in [6.07, 6.45) is 2.29. The molecule has 0 spiro atoms. The number of benzene rings is 1. The number of pyridine rings is 1. The molecule has 0 saturated carbocycles. The molecule has 34 heavy (non-hydrogen) atoms. The Bertz CT molecular complexity index is 1330. The van der Waals surface area contributed by atoms with Gasteiger partial charge in [-0.3, -0.25) is 24.1 Å². The Labute approximate surface area is 195 Å². The van der Waals surface area contributed by atoms with Gasteiger partial charge in [-0.2, -0.15) is 0 Å². The van der Waals surface area contributed by atoms with Crippen molar-refractivity contribution in [2.75, 3.05) is 27.2 Å². The van der Waals surface area contributed by atoms with Crippen LogP contribution in [0, 0.1) is 17.0 Å². The van der Waals surface area contributed by atoms with E-state index in [0.717, 1.165) is 0 Å². The average molecular weight is 463 g/mol. The highest BCUT2D eigenvalue weighted by atomic mass is 16.6. The number of carbonyl (C=O) groups is 2. The maximum atomic E-state index is 13.2. The molecular formula is C24H25N5O5. The summed E-state index contributed by atoms with van der Waals surface area (Å²) in [5, 5.41) is 22.8. The maximum Gasteiger partial charge on any atom is 0.295 e. The van der Waals surface area contributed by atoms with Crippen molar-refractivity contribution in [1.29, 1.82) is 0 Å². The zero-order chi connectivity index (χ0) is 24.6. The first-order chi connectivity index (χ1) is 16.2. The number of ketones is 1. The number of likely N-dealkylation sites (tertiary alicyclic amines) is 1. The van der Waals surface area contributed by atoms with Crippen molar-refractivity contribution in [2.24, 2.45) is 0 Å². The third-order valence-electron chi connectivity index (χ3n) is 5.87. The number of carbonyl (C=O) groups excluding carboxylic acids is 2. The van der Waals surface area contributed by atoms with Gasteiger partial charge < -0.3 is 14.9 Å². The fourth-order valence-corrected chi connectivity index (χ4v) is 4.35. The zero-order valence-electron chi connectivity index (χ0n) is 19.1. The van der Waals surface area contributed by atoms with Crippen LogP contribution < -0.4 is 0 Å². The van der Waals surface area contributed by atoms with E-state index in [9.17, 15) is 24.8 Å². The molecule has 0 aliphatic carbocycles. The second-order valence-corrected chi connectivity index (χ2v) is 8.48. The van der Waals surface area contributed by atoms with Gasteiger partial charge in [-0.15, -0.1) is 0 Å². The predicted molar refractivity (Wildman–Crippen MR) is 125 cm³/mol. The fraction of sp³-hybridized carbons (Fsp3) is 0.292. The van der Waals surface area contributed by atoms with Gasteiger partial charge in [-0.25, -0.2) is 4.98 Å². The largest absolute Gasteiger partial charge is 0.505 e. The SMILES string of the molecule is Cc1nc2ccccn2c1/C(O)=C1\C(=O)C(=O)N(CCCN(C)C)[C@@H]1c1cccc([N+](=O)[O-])c1. The maximum absolute atomic E-state index is 13.2. The van der Waals surface area contributed by atoms with E-state index >= 15 is 0 Å². The van der Waals surface area contributed by atoms with Gasteiger partial charge in [0.2, 0.25) is 0 Å². The summed E-state index contributed by atoms with van der Waals surface area (Å²) in [6.45, 7) is 2.63. The number of imidazole rings is 1. The number of fused-ring (bicyclic) bond motifs is 1. The molecule has 3 heterocycles. The summed E-state index contributed by atoms with van der Waals surface area (Å²) < 4.78 is 1.65. The molecule has 1 amide bonds. The molecule has 1 saturated heterocycles. The van der Waals surface area contributed by atoms with E-state index in [0.29, 0.717) is 35.6 Å². The fourth-order valence-electron chi connectivity index (χ4n) is 4.35. The molecule has 10 heteroatoms. The number of hydrogen-bond donors (Lipinski definition) is 1. The minimum atomic E-state index is -0.962. The average Bonchev–Trinajstić information content (AvgIpc) is 3.26. The van der Waals surface area contributed by atoms with Crippen molar-refractivity contribution >= 4 is 28.8 Å². The van der Waals surface area contributed by atoms with Crippen molar-refractivity contribution in [1.82, 2.24) is 19.2 Å². The highest BCUT2D eigenvalue weighted by Gasteiger charge is 2.46. The van der Waals surface area contributed by atoms with Crippen LogP contribution in [0.3, 0.4) is 0 Å². The predicted octanol–water partition coefficient (Wildman–Crippen LogP) is 2.92. The highest BCUT2D eigenvalue weighted by molar-refractivity contribution is 6.46. The molecule has 1 fully saturated rings. The molecule has 1 atom stereocenters. The van der Waals surface area contributed by atoms with Gasteiger partial charge in [0, 0.05) is 24.9 Å². The Morgan fingerprint density at radius 2 is 1.97 bits per heavy atom. The lowest BCUT2D eigenvalue weighted by Crippen LogP contribution is -2.32. The van der Waals surface area contributed by atoms with Crippen LogP contribution in [-0.2, 0) is 9.59 Å². The number of nitrogens with zero attached hydrogens (tertiary/aromatic N) is 5. The number of hydrogen-bond acceptors (Lipinski definition) is 7. The van der Waals surface area contributed by atoms with E-state index in [1.54, 1.807) is 41.8 Å². The minimum Gasteiger partial charge on any atom is -0.505 e. The Kier molecular flexibility index (Phi) is 6.16. The number of rotatable bonds is 7. The summed E-state index contributed by atoms with van der Waals surface area (Å²) in [6, 6.07) is 10.2. The number of aryl methyl sites for hydroxylation is 1. The molecule has 2 aromatic heterocycles. The van der Waals surface area contributed by atoms with Crippen LogP contribution in [0.1, 0.15) is 29.4 Å². The normalized spacial score (nSPS) is 17.8. The van der Waals surface area contributed by atoms with Gasteiger partial charge in [-0.1, -0.05) is 18.2 Å². The van der Waals surface area contributed by atoms with Gasteiger partial charge in [0.25, 0.3) is 17.4 Å². The second-order valence-electron chi connectivity index (χ2n) is 8.48. The van der Waals surface area contributed by atoms with E-state index in [-0.39, 0.29) is 23.6 Å². The molecule has 1 aromatic carbocycles. The van der Waals surface area contributed by atoms with Crippen molar-refractivity contribution in [3.05, 3.63) is 81.3 Å². The lowest BCUT2D eigenvalue weighted by Gasteiger charge is -2.25. The second kappa shape index (κ2) is 9.06. The summed E-state index contributed by atoms with van der Waals surface area (Å²) in [5.74, 6) is -1.94. The van der Waals surface area contributed by atoms with E-state index in [4.69, 9.17) is 0 Å². The van der Waals surface area contributed by atoms with Crippen molar-refractivity contribution in [3.63, 3.8) is 0 Å². The van der Waals surface area contributed by atoms with Gasteiger partial charge >= 0.3 is 0 Å². The lowest BCUT2D eigenvalue weighted by atomic mass is 9.96. The molecule has 0 unspecified atom stereocenters. The molecule has 0 bridgehead atoms. The van der Waals surface area contributed by atoms with Crippen LogP contribution in [-0.4, -0.2) is 68.1 Å². The van der Waals surface area contributed by atoms with Crippen LogP contribution >= 0.6 is 0 Å². The number of non-ortho nitro benzene ring substituents is 1. The van der Waals surface area contributed by atoms with E-state index in [1.807, 2.05) is 19.0 Å². The topological polar surface area (TPSA) is 121 Å². The number of aromatic nitrogens is 2. The number of aliphatic hydroxyl groups is 1. The van der Waals surface area contributed by atoms with Crippen LogP contribution in [0.4, 0.5) is 5.69 Å². The van der Waals surface area contributed by atoms with E-state index in [1.165, 1.54) is 23.1 Å². The molecule has 1 aliphatic rings. The molecule has 1 aliphatic heterocycles. The van der Waals surface area contributed by atoms with Gasteiger partial charge in [0.15, 0.2) is 5.76 Å². The van der Waals surface area contributed by atoms with Crippen LogP contribution in [0.15, 0.2) is 54.2 Å². The third-order valence-corrected chi connectivity index (χ3v) is 5.87. The summed E-state index contributed by atoms with van der Waals surface area (Å²) >= 11 is 0. The highest BCUT2D eigenvalue weighted by Crippen LogP contribution is 2.40. The summed E-state index contributed by atoms with van der Waals surface area (Å²) in [5.41, 5.74) is 1.48. The summed E-state index contributed by atoms with van der Waals surface area (Å²) in [7, 11) is 3.80. The molecule has 10 nitrogen and oxygen atoms in total. The van der Waals surface area contributed by atoms with Crippen molar-refractivity contribution < 1.29 is 19.6 Å². The third kappa shape index (κ3) is 4.03. The molecule has 3 aromatic rings. The Morgan fingerprint density at radius 1 is 1.21 bits per heavy atom. The number of nitro groups is 1. The molecule has 1 N–H and O–H groups in total. The smallest absolute Gasteiger partial charge is 0.295 e. The van der Waals surface area contributed by atoms with Crippen LogP contribution in [0.5, 0.6) is 0 Å². The van der Waals surface area contributed by atoms with Gasteiger partial charge in [-0.05, 0) is 51.7 Å². The Morgan fingerprint density at radius 3 is 2.68 bits per heavy atom. The van der Waals surface area contributed by atoms with Crippen LogP contribution in [0.2, 0.25) is 0 Å². The molecular weight excluding hydrogens is 438 g/mol. The zero-order valence-corrected chi connectivity index (χ0v) is 19.1. The quantitative estimate of drug-likeness (QED) is 0.188. The standard InChI is InChI=1S/C24H25N5O5/c1-15-20(27-12-5-4-10-18(27)25-15)22(30)19-21(16-8-6-9-17(14-16)29(33)34)28(24(32)23(19)31)13-7-11-26(2)3/h4-6,8-10,12,14,21,30H,7,11,13H2,1-3H3/b22-19+/t21-/m1/s1. The van der Waals surface area contributed by atoms with Crippen LogP contribution in [0.25, 0.3) is 11.4 Å². The molecule has 176 valence electrons. The number of nitro benzene ring substituents is 1. The van der Waals surface area contributed by atoms with Crippen molar-refractivity contribution in [2.45, 2.75) is 19.4 Å².